The lowest BCUT2D eigenvalue weighted by molar-refractivity contribution is -0.156. The first-order valence-corrected chi connectivity index (χ1v) is 6.24. The van der Waals surface area contributed by atoms with Crippen molar-refractivity contribution in [3.05, 3.63) is 0 Å². The van der Waals surface area contributed by atoms with Crippen LogP contribution >= 0.6 is 0 Å². The first-order valence-electron chi connectivity index (χ1n) is 6.24. The SMILES string of the molecule is CCCC(C)CCC(N)C(=O)OC(C)(C)C. The largest absolute Gasteiger partial charge is 0.459 e. The lowest BCUT2D eigenvalue weighted by Gasteiger charge is -2.22. The van der Waals surface area contributed by atoms with Gasteiger partial charge in [-0.3, -0.25) is 4.79 Å². The number of esters is 1. The van der Waals surface area contributed by atoms with E-state index in [1.807, 2.05) is 20.8 Å². The van der Waals surface area contributed by atoms with E-state index < -0.39 is 11.6 Å². The standard InChI is InChI=1S/C13H27NO2/c1-6-7-10(2)8-9-11(14)12(15)16-13(3,4)5/h10-11H,6-9,14H2,1-5H3. The molecule has 2 atom stereocenters. The van der Waals surface area contributed by atoms with Crippen LogP contribution in [0.2, 0.25) is 0 Å². The zero-order valence-corrected chi connectivity index (χ0v) is 11.4. The highest BCUT2D eigenvalue weighted by molar-refractivity contribution is 5.75. The molecule has 0 aliphatic carbocycles. The van der Waals surface area contributed by atoms with Crippen molar-refractivity contribution in [1.29, 1.82) is 0 Å². The van der Waals surface area contributed by atoms with Crippen LogP contribution < -0.4 is 5.73 Å². The van der Waals surface area contributed by atoms with Crippen LogP contribution in [0, 0.1) is 5.92 Å². The Morgan fingerprint density at radius 1 is 1.25 bits per heavy atom. The number of ether oxygens (including phenoxy) is 1. The van der Waals surface area contributed by atoms with E-state index in [2.05, 4.69) is 13.8 Å². The van der Waals surface area contributed by atoms with Crippen molar-refractivity contribution in [1.82, 2.24) is 0 Å². The van der Waals surface area contributed by atoms with Crippen LogP contribution in [0.15, 0.2) is 0 Å². The maximum atomic E-state index is 11.6. The Bertz CT molecular complexity index is 208. The summed E-state index contributed by atoms with van der Waals surface area (Å²) in [5.74, 6) is 0.356. The molecule has 0 aromatic carbocycles. The molecule has 0 rings (SSSR count). The number of rotatable bonds is 6. The predicted octanol–water partition coefficient (Wildman–Crippen LogP) is 2.87. The highest BCUT2D eigenvalue weighted by Gasteiger charge is 2.22. The third-order valence-corrected chi connectivity index (χ3v) is 2.46. The van der Waals surface area contributed by atoms with E-state index in [-0.39, 0.29) is 5.97 Å². The number of nitrogens with two attached hydrogens (primary N) is 1. The van der Waals surface area contributed by atoms with Crippen LogP contribution in [-0.2, 0) is 9.53 Å². The van der Waals surface area contributed by atoms with Gasteiger partial charge in [-0.15, -0.1) is 0 Å². The summed E-state index contributed by atoms with van der Waals surface area (Å²) in [6, 6.07) is -0.474. The summed E-state index contributed by atoms with van der Waals surface area (Å²) in [6.07, 6.45) is 4.09. The molecular weight excluding hydrogens is 202 g/mol. The molecule has 0 fully saturated rings. The van der Waals surface area contributed by atoms with E-state index in [0.29, 0.717) is 5.92 Å². The van der Waals surface area contributed by atoms with Gasteiger partial charge < -0.3 is 10.5 Å². The van der Waals surface area contributed by atoms with Crippen LogP contribution in [0.4, 0.5) is 0 Å². The minimum Gasteiger partial charge on any atom is -0.459 e. The Balaban J connectivity index is 3.88. The van der Waals surface area contributed by atoms with Gasteiger partial charge in [0, 0.05) is 0 Å². The molecule has 0 aliphatic rings. The summed E-state index contributed by atoms with van der Waals surface area (Å²) in [5, 5.41) is 0. The second-order valence-corrected chi connectivity index (χ2v) is 5.61. The molecule has 2 unspecified atom stereocenters. The molecule has 2 N–H and O–H groups in total. The first-order chi connectivity index (χ1) is 7.26. The Labute approximate surface area is 99.7 Å². The monoisotopic (exact) mass is 229 g/mol. The van der Waals surface area contributed by atoms with Gasteiger partial charge in [0.25, 0.3) is 0 Å². The second kappa shape index (κ2) is 6.89. The number of carbonyl (C=O) groups is 1. The maximum Gasteiger partial charge on any atom is 0.323 e. The predicted molar refractivity (Wildman–Crippen MR) is 67.1 cm³/mol. The van der Waals surface area contributed by atoms with Gasteiger partial charge in [0.15, 0.2) is 0 Å². The zero-order valence-electron chi connectivity index (χ0n) is 11.4. The summed E-state index contributed by atoms with van der Waals surface area (Å²) in [6.45, 7) is 9.95. The van der Waals surface area contributed by atoms with Gasteiger partial charge >= 0.3 is 5.97 Å². The molecular formula is C13H27NO2. The van der Waals surface area contributed by atoms with Crippen molar-refractivity contribution in [2.45, 2.75) is 71.9 Å². The van der Waals surface area contributed by atoms with Gasteiger partial charge in [0.2, 0.25) is 0 Å². The minimum absolute atomic E-state index is 0.281. The molecule has 96 valence electrons. The Morgan fingerprint density at radius 3 is 2.25 bits per heavy atom. The van der Waals surface area contributed by atoms with E-state index in [9.17, 15) is 4.79 Å². The Kier molecular flexibility index (Phi) is 6.65. The molecule has 0 heterocycles. The normalized spacial score (nSPS) is 15.6. The molecule has 0 radical (unpaired) electrons. The van der Waals surface area contributed by atoms with Gasteiger partial charge in [0.1, 0.15) is 11.6 Å². The van der Waals surface area contributed by atoms with Crippen molar-refractivity contribution in [2.24, 2.45) is 11.7 Å². The van der Waals surface area contributed by atoms with Crippen LogP contribution in [0.5, 0.6) is 0 Å². The first kappa shape index (κ1) is 15.4. The molecule has 0 saturated carbocycles. The van der Waals surface area contributed by atoms with Crippen molar-refractivity contribution in [2.75, 3.05) is 0 Å². The topological polar surface area (TPSA) is 52.3 Å². The van der Waals surface area contributed by atoms with E-state index in [0.717, 1.165) is 12.8 Å². The van der Waals surface area contributed by atoms with Gasteiger partial charge in [-0.25, -0.2) is 0 Å². The van der Waals surface area contributed by atoms with E-state index in [1.54, 1.807) is 0 Å². The van der Waals surface area contributed by atoms with Gasteiger partial charge in [0.05, 0.1) is 0 Å². The van der Waals surface area contributed by atoms with Crippen LogP contribution in [-0.4, -0.2) is 17.6 Å². The van der Waals surface area contributed by atoms with Crippen LogP contribution in [0.1, 0.15) is 60.3 Å². The summed E-state index contributed by atoms with van der Waals surface area (Å²) in [4.78, 5) is 11.6. The average molecular weight is 229 g/mol. The number of hydrogen-bond acceptors (Lipinski definition) is 3. The lowest BCUT2D eigenvalue weighted by atomic mass is 9.98. The highest BCUT2D eigenvalue weighted by Crippen LogP contribution is 2.15. The van der Waals surface area contributed by atoms with E-state index >= 15 is 0 Å². The lowest BCUT2D eigenvalue weighted by Crippen LogP contribution is -2.37. The van der Waals surface area contributed by atoms with E-state index in [4.69, 9.17) is 10.5 Å². The molecule has 3 heteroatoms. The van der Waals surface area contributed by atoms with Gasteiger partial charge in [-0.1, -0.05) is 26.7 Å². The summed E-state index contributed by atoms with van der Waals surface area (Å²) < 4.78 is 5.23. The average Bonchev–Trinajstić information content (AvgIpc) is 2.11. The molecule has 3 nitrogen and oxygen atoms in total. The second-order valence-electron chi connectivity index (χ2n) is 5.61. The third-order valence-electron chi connectivity index (χ3n) is 2.46. The summed E-state index contributed by atoms with van der Waals surface area (Å²) >= 11 is 0. The van der Waals surface area contributed by atoms with Crippen LogP contribution in [0.25, 0.3) is 0 Å². The molecule has 0 saturated heterocycles. The zero-order chi connectivity index (χ0) is 12.8. The minimum atomic E-state index is -0.474. The van der Waals surface area contributed by atoms with Crippen molar-refractivity contribution in [3.8, 4) is 0 Å². The number of carbonyl (C=O) groups excluding carboxylic acids is 1. The molecule has 0 bridgehead atoms. The van der Waals surface area contributed by atoms with E-state index in [1.165, 1.54) is 12.8 Å². The third kappa shape index (κ3) is 7.69. The fourth-order valence-electron chi connectivity index (χ4n) is 1.60. The molecule has 0 aliphatic heterocycles. The molecule has 0 aromatic rings. The molecule has 16 heavy (non-hydrogen) atoms. The molecule has 0 aromatic heterocycles. The maximum absolute atomic E-state index is 11.6. The fraction of sp³-hybridized carbons (Fsp3) is 0.923. The fourth-order valence-corrected chi connectivity index (χ4v) is 1.60. The van der Waals surface area contributed by atoms with Gasteiger partial charge in [-0.2, -0.15) is 0 Å². The molecule has 0 spiro atoms. The Morgan fingerprint density at radius 2 is 1.81 bits per heavy atom. The summed E-state index contributed by atoms with van der Waals surface area (Å²) in [5.41, 5.74) is 5.35. The number of hydrogen-bond donors (Lipinski definition) is 1. The quantitative estimate of drug-likeness (QED) is 0.712. The van der Waals surface area contributed by atoms with Crippen molar-refractivity contribution < 1.29 is 9.53 Å². The Hall–Kier alpha value is -0.570. The van der Waals surface area contributed by atoms with Crippen molar-refractivity contribution >= 4 is 5.97 Å². The molecule has 0 amide bonds. The van der Waals surface area contributed by atoms with Crippen molar-refractivity contribution in [3.63, 3.8) is 0 Å². The van der Waals surface area contributed by atoms with Crippen LogP contribution in [0.3, 0.4) is 0 Å². The summed E-state index contributed by atoms with van der Waals surface area (Å²) in [7, 11) is 0. The van der Waals surface area contributed by atoms with Gasteiger partial charge in [-0.05, 0) is 39.5 Å². The highest BCUT2D eigenvalue weighted by atomic mass is 16.6. The smallest absolute Gasteiger partial charge is 0.323 e.